The van der Waals surface area contributed by atoms with Crippen LogP contribution in [0.15, 0.2) is 34.1 Å². The molecule has 0 aliphatic heterocycles. The maximum Gasteiger partial charge on any atom is 0.186 e. The molecular formula is C13H13BrN2OS. The van der Waals surface area contributed by atoms with E-state index in [9.17, 15) is 4.79 Å². The lowest BCUT2D eigenvalue weighted by Gasteiger charge is -2.01. The molecule has 0 saturated heterocycles. The van der Waals surface area contributed by atoms with Gasteiger partial charge in [0, 0.05) is 22.7 Å². The summed E-state index contributed by atoms with van der Waals surface area (Å²) in [5, 5.41) is 2.73. The zero-order valence-corrected chi connectivity index (χ0v) is 12.1. The highest BCUT2D eigenvalue weighted by Crippen LogP contribution is 2.19. The predicted octanol–water partition coefficient (Wildman–Crippen LogP) is 2.83. The fourth-order valence-corrected chi connectivity index (χ4v) is 2.83. The van der Waals surface area contributed by atoms with E-state index in [1.54, 1.807) is 0 Å². The van der Waals surface area contributed by atoms with Gasteiger partial charge in [-0.2, -0.15) is 0 Å². The van der Waals surface area contributed by atoms with Crippen LogP contribution in [0.25, 0.3) is 0 Å². The molecule has 2 aromatic rings. The number of halogens is 1. The number of ketones is 1. The third-order valence-electron chi connectivity index (χ3n) is 2.50. The number of rotatable bonds is 5. The van der Waals surface area contributed by atoms with E-state index in [1.807, 2.05) is 29.6 Å². The Hall–Kier alpha value is -1.04. The second-order valence-electron chi connectivity index (χ2n) is 3.86. The van der Waals surface area contributed by atoms with Gasteiger partial charge in [-0.1, -0.05) is 34.1 Å². The summed E-state index contributed by atoms with van der Waals surface area (Å²) >= 11 is 4.93. The number of hydrogen-bond donors (Lipinski definition) is 1. The number of Topliss-reactive ketones (excluding diaryl/α,β-unsaturated/α-hetero) is 1. The molecular weight excluding hydrogens is 312 g/mol. The maximum atomic E-state index is 12.1. The van der Waals surface area contributed by atoms with E-state index in [0.29, 0.717) is 18.7 Å². The quantitative estimate of drug-likeness (QED) is 0.860. The Kier molecular flexibility index (Phi) is 4.63. The predicted molar refractivity (Wildman–Crippen MR) is 77.0 cm³/mol. The van der Waals surface area contributed by atoms with Crippen LogP contribution < -0.4 is 5.73 Å². The summed E-state index contributed by atoms with van der Waals surface area (Å²) in [5.41, 5.74) is 6.99. The molecule has 2 rings (SSSR count). The summed E-state index contributed by atoms with van der Waals surface area (Å²) in [5.74, 6) is 0.0430. The highest BCUT2D eigenvalue weighted by molar-refractivity contribution is 9.10. The van der Waals surface area contributed by atoms with Gasteiger partial charge in [0.05, 0.1) is 5.01 Å². The van der Waals surface area contributed by atoms with Crippen LogP contribution in [0, 0.1) is 0 Å². The molecule has 94 valence electrons. The van der Waals surface area contributed by atoms with E-state index in [1.165, 1.54) is 11.3 Å². The SMILES string of the molecule is NCCc1nc(C(=O)Cc2ccccc2Br)cs1. The Bertz CT molecular complexity index is 553. The van der Waals surface area contributed by atoms with Crippen molar-refractivity contribution in [2.24, 2.45) is 5.73 Å². The number of thiazole rings is 1. The lowest BCUT2D eigenvalue weighted by Crippen LogP contribution is -2.06. The van der Waals surface area contributed by atoms with Gasteiger partial charge in [-0.25, -0.2) is 4.98 Å². The molecule has 3 nitrogen and oxygen atoms in total. The van der Waals surface area contributed by atoms with Crippen LogP contribution in [0.1, 0.15) is 21.1 Å². The first-order valence-electron chi connectivity index (χ1n) is 5.62. The average molecular weight is 325 g/mol. The number of carbonyl (C=O) groups excluding carboxylic acids is 1. The van der Waals surface area contributed by atoms with Gasteiger partial charge in [0.1, 0.15) is 5.69 Å². The normalized spacial score (nSPS) is 10.6. The maximum absolute atomic E-state index is 12.1. The first-order valence-corrected chi connectivity index (χ1v) is 7.29. The Morgan fingerprint density at radius 1 is 1.39 bits per heavy atom. The number of hydrogen-bond acceptors (Lipinski definition) is 4. The van der Waals surface area contributed by atoms with Gasteiger partial charge in [-0.3, -0.25) is 4.79 Å². The van der Waals surface area contributed by atoms with Gasteiger partial charge in [-0.15, -0.1) is 11.3 Å². The molecule has 0 bridgehead atoms. The summed E-state index contributed by atoms with van der Waals surface area (Å²) in [4.78, 5) is 16.4. The number of nitrogens with zero attached hydrogens (tertiary/aromatic N) is 1. The van der Waals surface area contributed by atoms with Gasteiger partial charge in [-0.05, 0) is 18.2 Å². The second kappa shape index (κ2) is 6.22. The van der Waals surface area contributed by atoms with Gasteiger partial charge in [0.2, 0.25) is 0 Å². The standard InChI is InChI=1S/C13H13BrN2OS/c14-10-4-2-1-3-9(10)7-12(17)11-8-18-13(16-11)5-6-15/h1-4,8H,5-7,15H2. The van der Waals surface area contributed by atoms with Crippen LogP contribution in [0.4, 0.5) is 0 Å². The van der Waals surface area contributed by atoms with Crippen LogP contribution in [0.5, 0.6) is 0 Å². The molecule has 2 N–H and O–H groups in total. The lowest BCUT2D eigenvalue weighted by molar-refractivity contribution is 0.0988. The zero-order chi connectivity index (χ0) is 13.0. The highest BCUT2D eigenvalue weighted by Gasteiger charge is 2.12. The Morgan fingerprint density at radius 3 is 2.89 bits per heavy atom. The molecule has 0 aliphatic carbocycles. The Labute approximate surface area is 118 Å². The molecule has 0 amide bonds. The molecule has 5 heteroatoms. The van der Waals surface area contributed by atoms with Gasteiger partial charge in [0.25, 0.3) is 0 Å². The zero-order valence-electron chi connectivity index (χ0n) is 9.73. The molecule has 0 spiro atoms. The molecule has 1 aromatic carbocycles. The van der Waals surface area contributed by atoms with E-state index in [0.717, 1.165) is 21.5 Å². The molecule has 0 aliphatic rings. The fraction of sp³-hybridized carbons (Fsp3) is 0.231. The average Bonchev–Trinajstić information content (AvgIpc) is 2.81. The number of benzene rings is 1. The molecule has 0 fully saturated rings. The van der Waals surface area contributed by atoms with Crippen molar-refractivity contribution in [1.82, 2.24) is 4.98 Å². The van der Waals surface area contributed by atoms with E-state index >= 15 is 0 Å². The second-order valence-corrected chi connectivity index (χ2v) is 5.65. The number of aromatic nitrogens is 1. The van der Waals surface area contributed by atoms with Crippen molar-refractivity contribution in [3.8, 4) is 0 Å². The minimum absolute atomic E-state index is 0.0430. The van der Waals surface area contributed by atoms with Crippen molar-refractivity contribution in [2.75, 3.05) is 6.54 Å². The van der Waals surface area contributed by atoms with Crippen LogP contribution >= 0.6 is 27.3 Å². The third kappa shape index (κ3) is 3.25. The van der Waals surface area contributed by atoms with Crippen molar-refractivity contribution < 1.29 is 4.79 Å². The van der Waals surface area contributed by atoms with Crippen LogP contribution in [-0.2, 0) is 12.8 Å². The van der Waals surface area contributed by atoms with Crippen LogP contribution in [-0.4, -0.2) is 17.3 Å². The van der Waals surface area contributed by atoms with Crippen molar-refractivity contribution >= 4 is 33.0 Å². The number of nitrogens with two attached hydrogens (primary N) is 1. The third-order valence-corrected chi connectivity index (χ3v) is 4.19. The summed E-state index contributed by atoms with van der Waals surface area (Å²) in [6.45, 7) is 0.561. The fourth-order valence-electron chi connectivity index (χ4n) is 1.58. The minimum atomic E-state index is 0.0430. The summed E-state index contributed by atoms with van der Waals surface area (Å²) in [6, 6.07) is 7.73. The Balaban J connectivity index is 2.10. The van der Waals surface area contributed by atoms with Crippen molar-refractivity contribution in [1.29, 1.82) is 0 Å². The molecule has 18 heavy (non-hydrogen) atoms. The minimum Gasteiger partial charge on any atom is -0.330 e. The lowest BCUT2D eigenvalue weighted by atomic mass is 10.1. The van der Waals surface area contributed by atoms with Gasteiger partial charge < -0.3 is 5.73 Å². The molecule has 0 atom stereocenters. The highest BCUT2D eigenvalue weighted by atomic mass is 79.9. The van der Waals surface area contributed by atoms with Crippen molar-refractivity contribution in [3.05, 3.63) is 50.4 Å². The van der Waals surface area contributed by atoms with E-state index in [4.69, 9.17) is 5.73 Å². The van der Waals surface area contributed by atoms with Gasteiger partial charge >= 0.3 is 0 Å². The Morgan fingerprint density at radius 2 is 2.17 bits per heavy atom. The van der Waals surface area contributed by atoms with E-state index < -0.39 is 0 Å². The van der Waals surface area contributed by atoms with E-state index in [-0.39, 0.29) is 5.78 Å². The van der Waals surface area contributed by atoms with Gasteiger partial charge in [0.15, 0.2) is 5.78 Å². The largest absolute Gasteiger partial charge is 0.330 e. The van der Waals surface area contributed by atoms with Crippen LogP contribution in [0.3, 0.4) is 0 Å². The monoisotopic (exact) mass is 324 g/mol. The summed E-state index contributed by atoms with van der Waals surface area (Å²) < 4.78 is 0.954. The number of carbonyl (C=O) groups is 1. The van der Waals surface area contributed by atoms with Crippen LogP contribution in [0.2, 0.25) is 0 Å². The first-order chi connectivity index (χ1) is 8.70. The molecule has 0 unspecified atom stereocenters. The molecule has 0 radical (unpaired) electrons. The van der Waals surface area contributed by atoms with Crippen molar-refractivity contribution in [2.45, 2.75) is 12.8 Å². The first kappa shape index (κ1) is 13.4. The molecule has 1 heterocycles. The van der Waals surface area contributed by atoms with Crippen molar-refractivity contribution in [3.63, 3.8) is 0 Å². The summed E-state index contributed by atoms with van der Waals surface area (Å²) in [7, 11) is 0. The topological polar surface area (TPSA) is 56.0 Å². The van der Waals surface area contributed by atoms with E-state index in [2.05, 4.69) is 20.9 Å². The molecule has 1 aromatic heterocycles. The smallest absolute Gasteiger partial charge is 0.186 e. The summed E-state index contributed by atoms with van der Waals surface area (Å²) in [6.07, 6.45) is 1.10. The molecule has 0 saturated carbocycles.